The largest absolute Gasteiger partial charge is 0.491 e. The SMILES string of the molecule is Cc1cccc(C)c1OC[C@@H](C)NO[C@@H]1O[C@H](C(=O)O)[C@@H](O)[C@H](O)[C@H]1O. The summed E-state index contributed by atoms with van der Waals surface area (Å²) < 4.78 is 10.8. The quantitative estimate of drug-likeness (QED) is 0.401. The molecular formula is C17H25NO8. The van der Waals surface area contributed by atoms with Gasteiger partial charge in [0, 0.05) is 0 Å². The highest BCUT2D eigenvalue weighted by molar-refractivity contribution is 5.73. The van der Waals surface area contributed by atoms with Crippen LogP contribution in [-0.2, 0) is 14.4 Å². The summed E-state index contributed by atoms with van der Waals surface area (Å²) in [5.74, 6) is -0.706. The average Bonchev–Trinajstić information content (AvgIpc) is 2.58. The molecule has 26 heavy (non-hydrogen) atoms. The van der Waals surface area contributed by atoms with Crippen molar-refractivity contribution in [2.24, 2.45) is 0 Å². The highest BCUT2D eigenvalue weighted by Crippen LogP contribution is 2.23. The number of hydrogen-bond donors (Lipinski definition) is 5. The molecule has 9 heteroatoms. The van der Waals surface area contributed by atoms with Crippen molar-refractivity contribution in [3.05, 3.63) is 29.3 Å². The van der Waals surface area contributed by atoms with Crippen molar-refractivity contribution in [2.75, 3.05) is 6.61 Å². The van der Waals surface area contributed by atoms with Gasteiger partial charge in [0.25, 0.3) is 0 Å². The molecule has 0 aliphatic carbocycles. The van der Waals surface area contributed by atoms with Gasteiger partial charge in [-0.1, -0.05) is 18.2 Å². The third-order valence-corrected chi connectivity index (χ3v) is 4.08. The Kier molecular flexibility index (Phi) is 6.93. The average molecular weight is 371 g/mol. The van der Waals surface area contributed by atoms with Gasteiger partial charge >= 0.3 is 5.97 Å². The maximum atomic E-state index is 11.1. The number of carboxylic acid groups (broad SMARTS) is 1. The highest BCUT2D eigenvalue weighted by atomic mass is 16.8. The van der Waals surface area contributed by atoms with E-state index in [2.05, 4.69) is 5.48 Å². The van der Waals surface area contributed by atoms with Crippen LogP contribution in [0.25, 0.3) is 0 Å². The van der Waals surface area contributed by atoms with Crippen molar-refractivity contribution in [1.29, 1.82) is 0 Å². The van der Waals surface area contributed by atoms with Gasteiger partial charge in [-0.2, -0.15) is 5.48 Å². The number of rotatable bonds is 7. The standard InChI is InChI=1S/C17H25NO8/c1-8-5-4-6-9(2)14(8)24-7-10(3)18-26-17-13(21)11(19)12(20)15(25-17)16(22)23/h4-6,10-13,15,17-21H,7H2,1-3H3,(H,22,23)/t10-,11+,12+,13-,15+,17+/m1/s1. The zero-order chi connectivity index (χ0) is 19.4. The number of benzene rings is 1. The number of aliphatic hydroxyl groups excluding tert-OH is 3. The van der Waals surface area contributed by atoms with E-state index < -0.39 is 36.7 Å². The summed E-state index contributed by atoms with van der Waals surface area (Å²) >= 11 is 0. The predicted octanol–water partition coefficient (Wildman–Crippen LogP) is -0.516. The fraction of sp³-hybridized carbons (Fsp3) is 0.588. The maximum absolute atomic E-state index is 11.1. The lowest BCUT2D eigenvalue weighted by Crippen LogP contribution is -2.61. The zero-order valence-corrected chi connectivity index (χ0v) is 14.8. The smallest absolute Gasteiger partial charge is 0.335 e. The Balaban J connectivity index is 1.88. The molecule has 1 aromatic carbocycles. The molecule has 1 aliphatic rings. The van der Waals surface area contributed by atoms with Gasteiger partial charge in [-0.3, -0.25) is 4.84 Å². The number of nitrogens with one attached hydrogen (secondary N) is 1. The van der Waals surface area contributed by atoms with E-state index in [9.17, 15) is 20.1 Å². The molecular weight excluding hydrogens is 346 g/mol. The minimum Gasteiger partial charge on any atom is -0.491 e. The topological polar surface area (TPSA) is 138 Å². The Labute approximate surface area is 151 Å². The van der Waals surface area contributed by atoms with Crippen LogP contribution in [0.3, 0.4) is 0 Å². The molecule has 0 bridgehead atoms. The second-order valence-electron chi connectivity index (χ2n) is 6.40. The normalized spacial score (nSPS) is 30.0. The molecule has 1 aliphatic heterocycles. The van der Waals surface area contributed by atoms with E-state index in [4.69, 9.17) is 19.4 Å². The summed E-state index contributed by atoms with van der Waals surface area (Å²) in [5.41, 5.74) is 4.57. The monoisotopic (exact) mass is 371 g/mol. The first-order valence-electron chi connectivity index (χ1n) is 8.25. The third-order valence-electron chi connectivity index (χ3n) is 4.08. The third kappa shape index (κ3) is 4.70. The Morgan fingerprint density at radius 2 is 1.81 bits per heavy atom. The first-order valence-corrected chi connectivity index (χ1v) is 8.25. The molecule has 5 N–H and O–H groups in total. The van der Waals surface area contributed by atoms with Gasteiger partial charge in [0.1, 0.15) is 30.7 Å². The van der Waals surface area contributed by atoms with E-state index in [0.717, 1.165) is 16.9 Å². The molecule has 0 aromatic heterocycles. The van der Waals surface area contributed by atoms with Gasteiger partial charge < -0.3 is 29.9 Å². The van der Waals surface area contributed by atoms with E-state index in [1.54, 1.807) is 6.92 Å². The fourth-order valence-electron chi connectivity index (χ4n) is 2.60. The van der Waals surface area contributed by atoms with Crippen LogP contribution in [-0.4, -0.2) is 69.8 Å². The van der Waals surface area contributed by atoms with E-state index in [1.165, 1.54) is 0 Å². The maximum Gasteiger partial charge on any atom is 0.335 e. The van der Waals surface area contributed by atoms with E-state index in [1.807, 2.05) is 32.0 Å². The molecule has 1 fully saturated rings. The minimum atomic E-state index is -1.76. The number of aryl methyl sites for hydroxylation is 2. The first kappa shape index (κ1) is 20.6. The molecule has 0 spiro atoms. The molecule has 1 saturated heterocycles. The number of ether oxygens (including phenoxy) is 2. The number of hydrogen-bond acceptors (Lipinski definition) is 8. The second-order valence-corrected chi connectivity index (χ2v) is 6.40. The van der Waals surface area contributed by atoms with Crippen LogP contribution in [0.1, 0.15) is 18.1 Å². The molecule has 0 radical (unpaired) electrons. The number of hydroxylamine groups is 1. The molecule has 146 valence electrons. The van der Waals surface area contributed by atoms with E-state index in [0.29, 0.717) is 0 Å². The molecule has 0 saturated carbocycles. The van der Waals surface area contributed by atoms with Crippen LogP contribution in [0, 0.1) is 13.8 Å². The number of aliphatic carboxylic acids is 1. The summed E-state index contributed by atoms with van der Waals surface area (Å²) in [6.07, 6.45) is -8.25. The van der Waals surface area contributed by atoms with Crippen molar-refractivity contribution in [2.45, 2.75) is 57.5 Å². The molecule has 0 amide bonds. The van der Waals surface area contributed by atoms with Crippen molar-refractivity contribution < 1.29 is 39.5 Å². The predicted molar refractivity (Wildman–Crippen MR) is 89.4 cm³/mol. The van der Waals surface area contributed by atoms with Crippen LogP contribution in [0.15, 0.2) is 18.2 Å². The van der Waals surface area contributed by atoms with Gasteiger partial charge in [0.15, 0.2) is 6.10 Å². The van der Waals surface area contributed by atoms with Gasteiger partial charge in [0.2, 0.25) is 6.29 Å². The highest BCUT2D eigenvalue weighted by Gasteiger charge is 2.47. The Morgan fingerprint density at radius 3 is 2.38 bits per heavy atom. The summed E-state index contributed by atoms with van der Waals surface area (Å²) in [6, 6.07) is 5.46. The first-order chi connectivity index (χ1) is 12.2. The van der Waals surface area contributed by atoms with Crippen LogP contribution < -0.4 is 10.2 Å². The molecule has 1 heterocycles. The number of carbonyl (C=O) groups is 1. The summed E-state index contributed by atoms with van der Waals surface area (Å²) in [7, 11) is 0. The van der Waals surface area contributed by atoms with Crippen LogP contribution >= 0.6 is 0 Å². The van der Waals surface area contributed by atoms with Gasteiger partial charge in [-0.05, 0) is 31.9 Å². The second kappa shape index (κ2) is 8.76. The minimum absolute atomic E-state index is 0.238. The number of aliphatic hydroxyl groups is 3. The molecule has 6 atom stereocenters. The zero-order valence-electron chi connectivity index (χ0n) is 14.8. The molecule has 2 rings (SSSR count). The van der Waals surface area contributed by atoms with Gasteiger partial charge in [0.05, 0.1) is 6.04 Å². The molecule has 0 unspecified atom stereocenters. The van der Waals surface area contributed by atoms with Crippen molar-refractivity contribution in [3.8, 4) is 5.75 Å². The Morgan fingerprint density at radius 1 is 1.19 bits per heavy atom. The van der Waals surface area contributed by atoms with E-state index >= 15 is 0 Å². The van der Waals surface area contributed by atoms with Crippen LogP contribution in [0.2, 0.25) is 0 Å². The van der Waals surface area contributed by atoms with Crippen molar-refractivity contribution in [1.82, 2.24) is 5.48 Å². The Hall–Kier alpha value is -1.75. The summed E-state index contributed by atoms with van der Waals surface area (Å²) in [4.78, 5) is 16.2. The number of carboxylic acids is 1. The lowest BCUT2D eigenvalue weighted by atomic mass is 9.99. The lowest BCUT2D eigenvalue weighted by molar-refractivity contribution is -0.311. The van der Waals surface area contributed by atoms with Crippen molar-refractivity contribution >= 4 is 5.97 Å². The van der Waals surface area contributed by atoms with Gasteiger partial charge in [-0.25, -0.2) is 4.79 Å². The molecule has 9 nitrogen and oxygen atoms in total. The van der Waals surface area contributed by atoms with Crippen LogP contribution in [0.4, 0.5) is 0 Å². The van der Waals surface area contributed by atoms with Gasteiger partial charge in [-0.15, -0.1) is 0 Å². The summed E-state index contributed by atoms with van der Waals surface area (Å²) in [6.45, 7) is 5.86. The van der Waals surface area contributed by atoms with Crippen molar-refractivity contribution in [3.63, 3.8) is 0 Å². The molecule has 1 aromatic rings. The summed E-state index contributed by atoms with van der Waals surface area (Å²) in [5, 5.41) is 38.2. The fourth-order valence-corrected chi connectivity index (χ4v) is 2.60. The lowest BCUT2D eigenvalue weighted by Gasteiger charge is -2.38. The number of para-hydroxylation sites is 1. The Bertz CT molecular complexity index is 605. The van der Waals surface area contributed by atoms with Crippen LogP contribution in [0.5, 0.6) is 5.75 Å². The van der Waals surface area contributed by atoms with E-state index in [-0.39, 0.29) is 12.6 Å².